The highest BCUT2D eigenvalue weighted by Gasteiger charge is 2.34. The van der Waals surface area contributed by atoms with E-state index in [0.29, 0.717) is 22.1 Å². The van der Waals surface area contributed by atoms with Crippen molar-refractivity contribution in [3.63, 3.8) is 0 Å². The first-order valence-electron chi connectivity index (χ1n) is 8.85. The molecule has 0 saturated heterocycles. The predicted octanol–water partition coefficient (Wildman–Crippen LogP) is 4.97. The number of carbonyl (C=O) groups is 1. The van der Waals surface area contributed by atoms with E-state index >= 15 is 0 Å². The smallest absolute Gasteiger partial charge is 0.271 e. The number of amides is 1. The molecule has 0 aliphatic carbocycles. The van der Waals surface area contributed by atoms with Crippen LogP contribution in [0.3, 0.4) is 0 Å². The molecule has 1 aliphatic heterocycles. The fourth-order valence-electron chi connectivity index (χ4n) is 3.53. The average molecular weight is 388 g/mol. The van der Waals surface area contributed by atoms with E-state index in [4.69, 9.17) is 11.6 Å². The summed E-state index contributed by atoms with van der Waals surface area (Å²) in [4.78, 5) is 14.2. The van der Waals surface area contributed by atoms with Crippen LogP contribution in [0.15, 0.2) is 41.5 Å². The standard InChI is InChI=1S/C21H23ClFN3O/c1-13-11-21(2,3)26(4)19-10-18(23)15(9-17(13)19)12-24-25-20(27)14-5-7-16(22)8-6-14/h5-10,12-13H,11H2,1-4H3,(H,25,27)/b24-12-. The number of hydrogen-bond acceptors (Lipinski definition) is 3. The van der Waals surface area contributed by atoms with Crippen molar-refractivity contribution >= 4 is 29.4 Å². The molecule has 2 aromatic carbocycles. The minimum absolute atomic E-state index is 0.0268. The maximum Gasteiger partial charge on any atom is 0.271 e. The Labute approximate surface area is 164 Å². The van der Waals surface area contributed by atoms with Gasteiger partial charge in [0, 0.05) is 34.4 Å². The highest BCUT2D eigenvalue weighted by atomic mass is 35.5. The number of benzene rings is 2. The number of nitrogens with zero attached hydrogens (tertiary/aromatic N) is 2. The van der Waals surface area contributed by atoms with Crippen molar-refractivity contribution in [2.45, 2.75) is 38.6 Å². The minimum Gasteiger partial charge on any atom is -0.369 e. The summed E-state index contributed by atoms with van der Waals surface area (Å²) in [6.07, 6.45) is 2.32. The van der Waals surface area contributed by atoms with E-state index in [1.165, 1.54) is 6.21 Å². The molecule has 6 heteroatoms. The molecule has 2 aromatic rings. The molecule has 3 rings (SSSR count). The molecule has 1 heterocycles. The Bertz CT molecular complexity index is 893. The predicted molar refractivity (Wildman–Crippen MR) is 108 cm³/mol. The zero-order valence-corrected chi connectivity index (χ0v) is 16.6. The lowest BCUT2D eigenvalue weighted by Crippen LogP contribution is -2.45. The van der Waals surface area contributed by atoms with E-state index in [1.54, 1.807) is 30.3 Å². The molecule has 0 radical (unpaired) electrons. The number of fused-ring (bicyclic) bond motifs is 1. The lowest BCUT2D eigenvalue weighted by molar-refractivity contribution is 0.0955. The van der Waals surface area contributed by atoms with Crippen LogP contribution in [0.5, 0.6) is 0 Å². The lowest BCUT2D eigenvalue weighted by atomic mass is 9.80. The third-order valence-electron chi connectivity index (χ3n) is 5.23. The molecule has 0 spiro atoms. The van der Waals surface area contributed by atoms with Gasteiger partial charge in [0.2, 0.25) is 0 Å². The fraction of sp³-hybridized carbons (Fsp3) is 0.333. The van der Waals surface area contributed by atoms with Crippen LogP contribution in [0.2, 0.25) is 5.02 Å². The van der Waals surface area contributed by atoms with E-state index in [9.17, 15) is 9.18 Å². The van der Waals surface area contributed by atoms with Crippen molar-refractivity contribution in [3.05, 3.63) is 63.9 Å². The summed E-state index contributed by atoms with van der Waals surface area (Å²) in [5.74, 6) is -0.436. The van der Waals surface area contributed by atoms with Gasteiger partial charge in [0.1, 0.15) is 5.82 Å². The topological polar surface area (TPSA) is 44.7 Å². The fourth-order valence-corrected chi connectivity index (χ4v) is 3.66. The summed E-state index contributed by atoms with van der Waals surface area (Å²) >= 11 is 5.81. The minimum atomic E-state index is -0.379. The van der Waals surface area contributed by atoms with E-state index < -0.39 is 0 Å². The highest BCUT2D eigenvalue weighted by molar-refractivity contribution is 6.30. The van der Waals surface area contributed by atoms with Crippen molar-refractivity contribution in [1.29, 1.82) is 0 Å². The van der Waals surface area contributed by atoms with E-state index in [0.717, 1.165) is 17.7 Å². The summed E-state index contributed by atoms with van der Waals surface area (Å²) in [5.41, 5.74) is 5.16. The van der Waals surface area contributed by atoms with Crippen molar-refractivity contribution in [1.82, 2.24) is 5.43 Å². The molecular formula is C21H23ClFN3O. The Morgan fingerprint density at radius 3 is 2.67 bits per heavy atom. The molecule has 1 N–H and O–H groups in total. The van der Waals surface area contributed by atoms with Crippen molar-refractivity contribution in [2.75, 3.05) is 11.9 Å². The molecule has 1 aliphatic rings. The summed E-state index contributed by atoms with van der Waals surface area (Å²) in [6, 6.07) is 9.83. The molecule has 0 fully saturated rings. The summed E-state index contributed by atoms with van der Waals surface area (Å²) in [6.45, 7) is 6.47. The Hall–Kier alpha value is -2.40. The maximum absolute atomic E-state index is 14.6. The van der Waals surface area contributed by atoms with Gasteiger partial charge in [-0.1, -0.05) is 18.5 Å². The average Bonchev–Trinajstić information content (AvgIpc) is 2.61. The van der Waals surface area contributed by atoms with Crippen LogP contribution in [0.1, 0.15) is 54.6 Å². The third kappa shape index (κ3) is 3.98. The molecule has 1 unspecified atom stereocenters. The monoisotopic (exact) mass is 387 g/mol. The molecule has 4 nitrogen and oxygen atoms in total. The Morgan fingerprint density at radius 2 is 2.00 bits per heavy atom. The quantitative estimate of drug-likeness (QED) is 0.597. The first kappa shape index (κ1) is 19.4. The van der Waals surface area contributed by atoms with Crippen LogP contribution in [0.25, 0.3) is 0 Å². The SMILES string of the molecule is CC1CC(C)(C)N(C)c2cc(F)c(/C=N\NC(=O)c3ccc(Cl)cc3)cc21. The third-order valence-corrected chi connectivity index (χ3v) is 5.48. The number of anilines is 1. The molecule has 0 saturated carbocycles. The van der Waals surface area contributed by atoms with Crippen molar-refractivity contribution < 1.29 is 9.18 Å². The van der Waals surface area contributed by atoms with Crippen LogP contribution in [-0.4, -0.2) is 24.7 Å². The first-order chi connectivity index (χ1) is 12.7. The van der Waals surface area contributed by atoms with Gasteiger partial charge in [-0.15, -0.1) is 0 Å². The van der Waals surface area contributed by atoms with Crippen LogP contribution in [0.4, 0.5) is 10.1 Å². The number of carbonyl (C=O) groups excluding carboxylic acids is 1. The molecule has 1 amide bonds. The number of hydrazone groups is 1. The second-order valence-corrected chi connectivity index (χ2v) is 8.05. The largest absolute Gasteiger partial charge is 0.369 e. The zero-order valence-electron chi connectivity index (χ0n) is 15.9. The van der Waals surface area contributed by atoms with Gasteiger partial charge in [0.05, 0.1) is 6.21 Å². The van der Waals surface area contributed by atoms with Gasteiger partial charge in [0.25, 0.3) is 5.91 Å². The number of halogens is 2. The van der Waals surface area contributed by atoms with Crippen LogP contribution in [0, 0.1) is 5.82 Å². The van der Waals surface area contributed by atoms with Gasteiger partial charge >= 0.3 is 0 Å². The number of nitrogens with one attached hydrogen (secondary N) is 1. The van der Waals surface area contributed by atoms with Gasteiger partial charge in [-0.2, -0.15) is 5.10 Å². The Morgan fingerprint density at radius 1 is 1.33 bits per heavy atom. The number of hydrogen-bond donors (Lipinski definition) is 1. The second-order valence-electron chi connectivity index (χ2n) is 7.62. The molecule has 0 bridgehead atoms. The molecule has 1 atom stereocenters. The second kappa shape index (κ2) is 7.31. The van der Waals surface area contributed by atoms with E-state index in [1.807, 2.05) is 13.1 Å². The van der Waals surface area contributed by atoms with Crippen molar-refractivity contribution in [3.8, 4) is 0 Å². The van der Waals surface area contributed by atoms with Gasteiger partial charge in [0.15, 0.2) is 0 Å². The lowest BCUT2D eigenvalue weighted by Gasteiger charge is -2.45. The Kier molecular flexibility index (Phi) is 5.24. The van der Waals surface area contributed by atoms with Crippen LogP contribution >= 0.6 is 11.6 Å². The van der Waals surface area contributed by atoms with Crippen LogP contribution in [-0.2, 0) is 0 Å². The highest BCUT2D eigenvalue weighted by Crippen LogP contribution is 2.43. The molecule has 0 aromatic heterocycles. The maximum atomic E-state index is 14.6. The zero-order chi connectivity index (χ0) is 19.8. The molecule has 142 valence electrons. The van der Waals surface area contributed by atoms with Gasteiger partial charge in [-0.3, -0.25) is 4.79 Å². The summed E-state index contributed by atoms with van der Waals surface area (Å²) in [5, 5.41) is 4.46. The van der Waals surface area contributed by atoms with E-state index in [-0.39, 0.29) is 17.3 Å². The van der Waals surface area contributed by atoms with Gasteiger partial charge in [-0.05, 0) is 68.1 Å². The molecule has 27 heavy (non-hydrogen) atoms. The number of rotatable bonds is 3. The van der Waals surface area contributed by atoms with Crippen LogP contribution < -0.4 is 10.3 Å². The van der Waals surface area contributed by atoms with Gasteiger partial charge < -0.3 is 4.90 Å². The summed E-state index contributed by atoms with van der Waals surface area (Å²) < 4.78 is 14.6. The normalized spacial score (nSPS) is 18.4. The van der Waals surface area contributed by atoms with Crippen molar-refractivity contribution in [2.24, 2.45) is 5.10 Å². The van der Waals surface area contributed by atoms with Gasteiger partial charge in [-0.25, -0.2) is 9.82 Å². The first-order valence-corrected chi connectivity index (χ1v) is 9.23. The Balaban J connectivity index is 1.80. The van der Waals surface area contributed by atoms with E-state index in [2.05, 4.69) is 36.2 Å². The summed E-state index contributed by atoms with van der Waals surface area (Å²) in [7, 11) is 1.99. The molecular weight excluding hydrogens is 365 g/mol.